The third-order valence-corrected chi connectivity index (χ3v) is 15.1. The van der Waals surface area contributed by atoms with Gasteiger partial charge in [0.25, 0.3) is 0 Å². The number of aliphatic imine (C=N–C) groups is 1. The van der Waals surface area contributed by atoms with Crippen molar-refractivity contribution in [2.24, 2.45) is 10.9 Å². The van der Waals surface area contributed by atoms with E-state index in [1.54, 1.807) is 29.8 Å². The lowest BCUT2D eigenvalue weighted by Crippen LogP contribution is -2.48. The summed E-state index contributed by atoms with van der Waals surface area (Å²) in [6.07, 6.45) is -0.573. The number of benzene rings is 2. The largest absolute Gasteiger partial charge is 0.391 e. The number of aliphatic hydroxyl groups excluding tert-OH is 1. The van der Waals surface area contributed by atoms with Crippen molar-refractivity contribution in [1.82, 2.24) is 40.4 Å². The minimum Gasteiger partial charge on any atom is -0.391 e. The van der Waals surface area contributed by atoms with Crippen LogP contribution < -0.4 is 10.6 Å². The zero-order valence-electron chi connectivity index (χ0n) is 41.9. The van der Waals surface area contributed by atoms with Crippen LogP contribution in [-0.4, -0.2) is 123 Å². The van der Waals surface area contributed by atoms with Crippen molar-refractivity contribution in [2.45, 2.75) is 91.5 Å². The summed E-state index contributed by atoms with van der Waals surface area (Å²) in [6.45, 7) is 16.0. The van der Waals surface area contributed by atoms with Crippen LogP contribution in [0.15, 0.2) is 69.6 Å². The Kier molecular flexibility index (Phi) is 17.7. The minimum absolute atomic E-state index is 0.0681. The number of carbonyl (C=O) groups is 3. The summed E-state index contributed by atoms with van der Waals surface area (Å²) in [5, 5.41) is 31.0. The zero-order chi connectivity index (χ0) is 51.8. The van der Waals surface area contributed by atoms with E-state index in [0.29, 0.717) is 67.6 Å². The highest BCUT2D eigenvalue weighted by Gasteiger charge is 2.43. The van der Waals surface area contributed by atoms with Crippen molar-refractivity contribution in [3.8, 4) is 27.3 Å². The van der Waals surface area contributed by atoms with Crippen molar-refractivity contribution in [3.63, 3.8) is 0 Å². The van der Waals surface area contributed by atoms with E-state index in [4.69, 9.17) is 35.3 Å². The summed E-state index contributed by atoms with van der Waals surface area (Å²) in [7, 11) is 0. The van der Waals surface area contributed by atoms with Crippen LogP contribution in [0.5, 0.6) is 0 Å². The van der Waals surface area contributed by atoms with Gasteiger partial charge in [0.2, 0.25) is 17.7 Å². The molecule has 3 N–H and O–H groups in total. The van der Waals surface area contributed by atoms with E-state index in [9.17, 15) is 19.5 Å². The topological polar surface area (TPSA) is 208 Å². The minimum atomic E-state index is -0.817. The molecule has 5 unspecified atom stereocenters. The fourth-order valence-corrected chi connectivity index (χ4v) is 11.0. The molecule has 4 aromatic heterocycles. The van der Waals surface area contributed by atoms with E-state index in [-0.39, 0.29) is 55.7 Å². The Balaban J connectivity index is 0.727. The molecule has 2 aliphatic heterocycles. The van der Waals surface area contributed by atoms with E-state index in [1.807, 2.05) is 80.8 Å². The molecule has 20 heteroatoms. The normalized spacial score (nSPS) is 17.0. The molecular formula is C53H60ClN9O8S2. The predicted molar refractivity (Wildman–Crippen MR) is 279 cm³/mol. The summed E-state index contributed by atoms with van der Waals surface area (Å²) < 4.78 is 24.5. The summed E-state index contributed by atoms with van der Waals surface area (Å²) in [5.74, 6) is 6.45. The number of carbonyl (C=O) groups excluding carboxylic acids is 3. The van der Waals surface area contributed by atoms with E-state index in [1.165, 1.54) is 21.1 Å². The standard InChI is InChI=1S/C53H60ClN9O8S2/c1-30(2)46(44-25-31(3)61-71-44)52(67)62-28-40(64)26-43(62)51(66)57-33(5)36-10-12-38(13-11-36)49-41(56-29-72-49)9-8-19-68-21-23-70-24-22-69-20-18-55-45(65)27-42-50-60-59-35(7)63(50)53-47(32(4)34(6)73-53)48(58-42)37-14-16-39(54)17-15-37/h10-17,25,29-30,33,40,42-43,46,64H,18-24,26-28H2,1-7H3,(H,55,65)(H,57,66). The lowest BCUT2D eigenvalue weighted by atomic mass is 9.91. The SMILES string of the molecule is Cc1cc(C(C(=O)N2CC(O)CC2C(=O)NC(C)c2ccc(-c3scnc3C#CCOCCOCCOCCNC(=O)CC3N=C(c4ccc(Cl)cc4)c4c(sc(C)c4C)-n4c(C)nnc43)cc2)C(C)C)on1. The molecule has 2 aromatic carbocycles. The highest BCUT2D eigenvalue weighted by Crippen LogP contribution is 2.40. The molecule has 0 spiro atoms. The van der Waals surface area contributed by atoms with Gasteiger partial charge in [0, 0.05) is 46.6 Å². The quantitative estimate of drug-likeness (QED) is 0.0505. The molecule has 5 atom stereocenters. The highest BCUT2D eigenvalue weighted by molar-refractivity contribution is 7.15. The van der Waals surface area contributed by atoms with Gasteiger partial charge in [-0.1, -0.05) is 72.9 Å². The molecule has 17 nitrogen and oxygen atoms in total. The van der Waals surface area contributed by atoms with Crippen LogP contribution in [0.4, 0.5) is 0 Å². The van der Waals surface area contributed by atoms with E-state index < -0.39 is 24.1 Å². The Bertz CT molecular complexity index is 2990. The first-order valence-electron chi connectivity index (χ1n) is 24.3. The summed E-state index contributed by atoms with van der Waals surface area (Å²) in [5.41, 5.74) is 8.71. The number of aliphatic hydroxyl groups is 1. The van der Waals surface area contributed by atoms with Crippen LogP contribution in [0, 0.1) is 45.5 Å². The van der Waals surface area contributed by atoms with Crippen molar-refractivity contribution in [2.75, 3.05) is 52.7 Å². The fourth-order valence-electron chi connectivity index (χ4n) is 8.93. The molecule has 8 rings (SSSR count). The summed E-state index contributed by atoms with van der Waals surface area (Å²) >= 11 is 9.38. The summed E-state index contributed by atoms with van der Waals surface area (Å²) in [6, 6.07) is 15.4. The Morgan fingerprint density at radius 1 is 0.945 bits per heavy atom. The lowest BCUT2D eigenvalue weighted by molar-refractivity contribution is -0.141. The molecule has 0 radical (unpaired) electrons. The molecule has 2 aliphatic rings. The first-order valence-corrected chi connectivity index (χ1v) is 26.4. The number of likely N-dealkylation sites (tertiary alicyclic amines) is 1. The maximum absolute atomic E-state index is 13.8. The van der Waals surface area contributed by atoms with Gasteiger partial charge in [0.1, 0.15) is 46.9 Å². The van der Waals surface area contributed by atoms with Gasteiger partial charge in [-0.25, -0.2) is 4.98 Å². The van der Waals surface area contributed by atoms with Crippen LogP contribution in [-0.2, 0) is 28.6 Å². The van der Waals surface area contributed by atoms with Crippen molar-refractivity contribution in [1.29, 1.82) is 0 Å². The number of nitrogens with zero attached hydrogens (tertiary/aromatic N) is 7. The van der Waals surface area contributed by atoms with Gasteiger partial charge in [0.15, 0.2) is 5.82 Å². The highest BCUT2D eigenvalue weighted by atomic mass is 35.5. The second-order valence-corrected chi connectivity index (χ2v) is 20.9. The van der Waals surface area contributed by atoms with Crippen LogP contribution in [0.25, 0.3) is 15.4 Å². The van der Waals surface area contributed by atoms with Crippen molar-refractivity contribution in [3.05, 3.63) is 121 Å². The Morgan fingerprint density at radius 3 is 2.37 bits per heavy atom. The number of aryl methyl sites for hydroxylation is 3. The Labute approximate surface area is 437 Å². The smallest absolute Gasteiger partial charge is 0.243 e. The van der Waals surface area contributed by atoms with E-state index in [2.05, 4.69) is 56.7 Å². The second-order valence-electron chi connectivity index (χ2n) is 18.4. The van der Waals surface area contributed by atoms with E-state index >= 15 is 0 Å². The maximum Gasteiger partial charge on any atom is 0.243 e. The number of ether oxygens (including phenoxy) is 3. The number of thiazole rings is 1. The predicted octanol–water partition coefficient (Wildman–Crippen LogP) is 7.41. The number of hydrogen-bond acceptors (Lipinski definition) is 15. The summed E-state index contributed by atoms with van der Waals surface area (Å²) in [4.78, 5) is 53.9. The number of nitrogens with one attached hydrogen (secondary N) is 2. The molecule has 73 heavy (non-hydrogen) atoms. The van der Waals surface area contributed by atoms with Crippen LogP contribution >= 0.6 is 34.3 Å². The van der Waals surface area contributed by atoms with Gasteiger partial charge in [-0.3, -0.25) is 23.9 Å². The molecule has 6 heterocycles. The fraction of sp³-hybridized carbons (Fsp3) is 0.434. The zero-order valence-corrected chi connectivity index (χ0v) is 44.3. The number of thiophene rings is 1. The average Bonchev–Trinajstić information content (AvgIpc) is 4.21. The van der Waals surface area contributed by atoms with Crippen LogP contribution in [0.1, 0.15) is 108 Å². The monoisotopic (exact) mass is 1050 g/mol. The van der Waals surface area contributed by atoms with Gasteiger partial charge < -0.3 is 39.4 Å². The van der Waals surface area contributed by atoms with Crippen LogP contribution in [0.2, 0.25) is 5.02 Å². The molecule has 1 fully saturated rings. The molecule has 1 saturated heterocycles. The van der Waals surface area contributed by atoms with Gasteiger partial charge in [-0.15, -0.1) is 32.9 Å². The molecule has 3 amide bonds. The van der Waals surface area contributed by atoms with Gasteiger partial charge in [-0.2, -0.15) is 0 Å². The molecule has 384 valence electrons. The van der Waals surface area contributed by atoms with Crippen molar-refractivity contribution >= 4 is 57.7 Å². The second kappa shape index (κ2) is 24.3. The number of hydrogen-bond donors (Lipinski definition) is 3. The van der Waals surface area contributed by atoms with Gasteiger partial charge in [-0.05, 0) is 75.3 Å². The third-order valence-electron chi connectivity index (χ3n) is 12.8. The molecule has 6 aromatic rings. The molecule has 0 saturated carbocycles. The first kappa shape index (κ1) is 53.2. The Hall–Kier alpha value is -6.11. The van der Waals surface area contributed by atoms with E-state index in [0.717, 1.165) is 49.2 Å². The molecule has 0 bridgehead atoms. The van der Waals surface area contributed by atoms with Crippen LogP contribution in [0.3, 0.4) is 0 Å². The number of rotatable bonds is 20. The maximum atomic E-state index is 13.8. The lowest BCUT2D eigenvalue weighted by Gasteiger charge is -2.29. The number of halogens is 1. The Morgan fingerprint density at radius 2 is 1.66 bits per heavy atom. The average molecular weight is 1050 g/mol. The third kappa shape index (κ3) is 12.6. The number of aromatic nitrogens is 5. The first-order chi connectivity index (χ1) is 35.2. The number of fused-ring (bicyclic) bond motifs is 3. The van der Waals surface area contributed by atoms with Crippen molar-refractivity contribution < 1.29 is 38.2 Å². The number of amides is 3. The number of β-amino-alcohol motifs (C(OH)–C–C–N with tert-alkyl or cyclic N) is 1. The molecule has 0 aliphatic carbocycles. The molecular weight excluding hydrogens is 990 g/mol. The van der Waals surface area contributed by atoms with Gasteiger partial charge in [0.05, 0.1) is 73.4 Å². The van der Waals surface area contributed by atoms with Gasteiger partial charge >= 0.3 is 0 Å².